The topological polar surface area (TPSA) is 15.7 Å². The lowest BCUT2D eigenvalue weighted by atomic mass is 9.81. The minimum Gasteiger partial charge on any atom is -0.380 e. The molecule has 3 rings (SSSR count). The second kappa shape index (κ2) is 4.93. The molecule has 0 saturated carbocycles. The third-order valence-electron chi connectivity index (χ3n) is 4.18. The molecule has 4 heteroatoms. The molecule has 1 aromatic rings. The zero-order valence-electron chi connectivity index (χ0n) is 11.3. The summed E-state index contributed by atoms with van der Waals surface area (Å²) in [7, 11) is 4.35. The number of likely N-dealkylation sites (tertiary alicyclic amines) is 1. The zero-order valence-corrected chi connectivity index (χ0v) is 12.1. The van der Waals surface area contributed by atoms with Gasteiger partial charge in [0.15, 0.2) is 0 Å². The molecule has 1 aromatic heterocycles. The molecule has 2 aliphatic rings. The van der Waals surface area contributed by atoms with E-state index in [0.29, 0.717) is 5.41 Å². The lowest BCUT2D eigenvalue weighted by Crippen LogP contribution is -2.40. The Morgan fingerprint density at radius 3 is 3.17 bits per heavy atom. The normalized spacial score (nSPS) is 32.3. The van der Waals surface area contributed by atoms with E-state index < -0.39 is 0 Å². The Bertz CT molecular complexity index is 393. The molecule has 2 saturated heterocycles. The number of thiophene rings is 1. The van der Waals surface area contributed by atoms with E-state index in [0.717, 1.165) is 32.2 Å². The highest BCUT2D eigenvalue weighted by atomic mass is 32.1. The monoisotopic (exact) mass is 266 g/mol. The van der Waals surface area contributed by atoms with Crippen LogP contribution < -0.4 is 0 Å². The molecule has 18 heavy (non-hydrogen) atoms. The van der Waals surface area contributed by atoms with Crippen molar-refractivity contribution in [2.75, 3.05) is 46.9 Å². The van der Waals surface area contributed by atoms with Gasteiger partial charge in [0.1, 0.15) is 0 Å². The van der Waals surface area contributed by atoms with Crippen LogP contribution in [0.3, 0.4) is 0 Å². The first-order valence-corrected chi connectivity index (χ1v) is 7.53. The van der Waals surface area contributed by atoms with Crippen LogP contribution in [0.2, 0.25) is 0 Å². The SMILES string of the molecule is CN(C)C[C@@]12COC[C@@H]1CN(Cc1cccs1)C2. The molecule has 0 N–H and O–H groups in total. The van der Waals surface area contributed by atoms with Crippen molar-refractivity contribution >= 4 is 11.3 Å². The van der Waals surface area contributed by atoms with Crippen molar-refractivity contribution in [3.8, 4) is 0 Å². The van der Waals surface area contributed by atoms with Gasteiger partial charge >= 0.3 is 0 Å². The first-order valence-electron chi connectivity index (χ1n) is 6.65. The summed E-state index contributed by atoms with van der Waals surface area (Å²) in [5.41, 5.74) is 0.376. The fourth-order valence-electron chi connectivity index (χ4n) is 3.54. The Balaban J connectivity index is 1.68. The van der Waals surface area contributed by atoms with E-state index in [1.54, 1.807) is 0 Å². The molecule has 2 fully saturated rings. The van der Waals surface area contributed by atoms with Crippen molar-refractivity contribution in [2.45, 2.75) is 6.54 Å². The number of hydrogen-bond acceptors (Lipinski definition) is 4. The summed E-state index contributed by atoms with van der Waals surface area (Å²) in [6.45, 7) is 6.55. The highest BCUT2D eigenvalue weighted by molar-refractivity contribution is 7.09. The molecule has 100 valence electrons. The first-order chi connectivity index (χ1) is 8.68. The summed E-state index contributed by atoms with van der Waals surface area (Å²) in [6, 6.07) is 4.39. The van der Waals surface area contributed by atoms with Crippen LogP contribution in [0.4, 0.5) is 0 Å². The second-order valence-electron chi connectivity index (χ2n) is 6.06. The van der Waals surface area contributed by atoms with Crippen molar-refractivity contribution in [3.63, 3.8) is 0 Å². The van der Waals surface area contributed by atoms with Crippen molar-refractivity contribution < 1.29 is 4.74 Å². The van der Waals surface area contributed by atoms with Crippen LogP contribution in [0.5, 0.6) is 0 Å². The maximum atomic E-state index is 5.75. The Hall–Kier alpha value is -0.420. The average Bonchev–Trinajstić information content (AvgIpc) is 2.93. The summed E-state index contributed by atoms with van der Waals surface area (Å²) in [5, 5.41) is 2.17. The van der Waals surface area contributed by atoms with Crippen LogP contribution in [0.15, 0.2) is 17.5 Å². The van der Waals surface area contributed by atoms with Gasteiger partial charge in [-0.05, 0) is 25.5 Å². The van der Waals surface area contributed by atoms with E-state index in [4.69, 9.17) is 4.74 Å². The van der Waals surface area contributed by atoms with Crippen molar-refractivity contribution in [2.24, 2.45) is 11.3 Å². The Morgan fingerprint density at radius 2 is 2.44 bits per heavy atom. The number of hydrogen-bond donors (Lipinski definition) is 0. The Kier molecular flexibility index (Phi) is 3.45. The average molecular weight is 266 g/mol. The van der Waals surface area contributed by atoms with Gasteiger partial charge in [0, 0.05) is 42.4 Å². The van der Waals surface area contributed by atoms with Crippen LogP contribution in [-0.4, -0.2) is 56.7 Å². The molecule has 0 aliphatic carbocycles. The molecule has 0 spiro atoms. The van der Waals surface area contributed by atoms with E-state index in [2.05, 4.69) is 41.4 Å². The molecule has 3 heterocycles. The molecule has 0 bridgehead atoms. The third-order valence-corrected chi connectivity index (χ3v) is 5.04. The van der Waals surface area contributed by atoms with Gasteiger partial charge in [-0.25, -0.2) is 0 Å². The molecule has 0 amide bonds. The molecule has 3 nitrogen and oxygen atoms in total. The summed E-state index contributed by atoms with van der Waals surface area (Å²) in [5.74, 6) is 0.722. The van der Waals surface area contributed by atoms with Gasteiger partial charge in [-0.1, -0.05) is 6.07 Å². The van der Waals surface area contributed by atoms with Gasteiger partial charge in [-0.15, -0.1) is 11.3 Å². The molecule has 0 unspecified atom stereocenters. The maximum absolute atomic E-state index is 5.75. The van der Waals surface area contributed by atoms with Crippen LogP contribution in [0.25, 0.3) is 0 Å². The highest BCUT2D eigenvalue weighted by Gasteiger charge is 2.50. The van der Waals surface area contributed by atoms with Gasteiger partial charge in [-0.3, -0.25) is 4.90 Å². The summed E-state index contributed by atoms with van der Waals surface area (Å²) < 4.78 is 5.75. The van der Waals surface area contributed by atoms with Crippen LogP contribution in [-0.2, 0) is 11.3 Å². The summed E-state index contributed by atoms with van der Waals surface area (Å²) >= 11 is 1.87. The molecular formula is C14H22N2OS. The van der Waals surface area contributed by atoms with E-state index in [1.165, 1.54) is 18.0 Å². The zero-order chi connectivity index (χ0) is 12.6. The Morgan fingerprint density at radius 1 is 1.56 bits per heavy atom. The minimum absolute atomic E-state index is 0.376. The van der Waals surface area contributed by atoms with Crippen LogP contribution >= 0.6 is 11.3 Å². The van der Waals surface area contributed by atoms with Crippen LogP contribution in [0, 0.1) is 11.3 Å². The number of rotatable bonds is 4. The molecular weight excluding hydrogens is 244 g/mol. The van der Waals surface area contributed by atoms with Gasteiger partial charge in [0.2, 0.25) is 0 Å². The molecule has 0 radical (unpaired) electrons. The minimum atomic E-state index is 0.376. The summed E-state index contributed by atoms with van der Waals surface area (Å²) in [4.78, 5) is 6.41. The van der Waals surface area contributed by atoms with Gasteiger partial charge < -0.3 is 9.64 Å². The predicted octanol–water partition coefficient (Wildman–Crippen LogP) is 1.76. The van der Waals surface area contributed by atoms with Gasteiger partial charge in [0.05, 0.1) is 13.2 Å². The van der Waals surface area contributed by atoms with Crippen molar-refractivity contribution in [1.29, 1.82) is 0 Å². The van der Waals surface area contributed by atoms with E-state index in [9.17, 15) is 0 Å². The second-order valence-corrected chi connectivity index (χ2v) is 7.09. The number of nitrogens with zero attached hydrogens (tertiary/aromatic N) is 2. The fourth-order valence-corrected chi connectivity index (χ4v) is 4.29. The lowest BCUT2D eigenvalue weighted by molar-refractivity contribution is 0.110. The highest BCUT2D eigenvalue weighted by Crippen LogP contribution is 2.42. The fraction of sp³-hybridized carbons (Fsp3) is 0.714. The lowest BCUT2D eigenvalue weighted by Gasteiger charge is -2.30. The standard InChI is InChI=1S/C14H22N2OS/c1-15(2)9-14-10-16(6-12(14)8-17-11-14)7-13-4-3-5-18-13/h3-5,12H,6-11H2,1-2H3/t12-,14+/m0/s1. The predicted molar refractivity (Wildman–Crippen MR) is 74.9 cm³/mol. The maximum Gasteiger partial charge on any atom is 0.0551 e. The van der Waals surface area contributed by atoms with E-state index >= 15 is 0 Å². The van der Waals surface area contributed by atoms with E-state index in [1.807, 2.05) is 11.3 Å². The first kappa shape index (κ1) is 12.6. The molecule has 2 atom stereocenters. The molecule has 2 aliphatic heterocycles. The van der Waals surface area contributed by atoms with Crippen LogP contribution in [0.1, 0.15) is 4.88 Å². The number of ether oxygens (including phenoxy) is 1. The van der Waals surface area contributed by atoms with Crippen molar-refractivity contribution in [3.05, 3.63) is 22.4 Å². The number of fused-ring (bicyclic) bond motifs is 1. The smallest absolute Gasteiger partial charge is 0.0551 e. The quantitative estimate of drug-likeness (QED) is 0.826. The summed E-state index contributed by atoms with van der Waals surface area (Å²) in [6.07, 6.45) is 0. The Labute approximate surface area is 113 Å². The van der Waals surface area contributed by atoms with E-state index in [-0.39, 0.29) is 0 Å². The third kappa shape index (κ3) is 2.35. The molecule has 0 aromatic carbocycles. The van der Waals surface area contributed by atoms with Gasteiger partial charge in [-0.2, -0.15) is 0 Å². The van der Waals surface area contributed by atoms with Gasteiger partial charge in [0.25, 0.3) is 0 Å². The van der Waals surface area contributed by atoms with Crippen molar-refractivity contribution in [1.82, 2.24) is 9.80 Å². The largest absolute Gasteiger partial charge is 0.380 e.